The summed E-state index contributed by atoms with van der Waals surface area (Å²) in [6.07, 6.45) is 3.24. The zero-order valence-corrected chi connectivity index (χ0v) is 9.28. The van der Waals surface area contributed by atoms with Gasteiger partial charge in [-0.3, -0.25) is 4.79 Å². The van der Waals surface area contributed by atoms with Crippen molar-refractivity contribution in [3.05, 3.63) is 0 Å². The SMILES string of the molecule is CC1(C(=O)N2CCC(O)C2)CCCC1N. The number of aliphatic hydroxyl groups excluding tert-OH is 1. The molecule has 1 saturated heterocycles. The lowest BCUT2D eigenvalue weighted by molar-refractivity contribution is -0.140. The van der Waals surface area contributed by atoms with Crippen molar-refractivity contribution >= 4 is 5.91 Å². The lowest BCUT2D eigenvalue weighted by Gasteiger charge is -2.32. The first-order valence-electron chi connectivity index (χ1n) is 5.77. The van der Waals surface area contributed by atoms with E-state index in [2.05, 4.69) is 0 Å². The molecule has 0 radical (unpaired) electrons. The Labute approximate surface area is 90.4 Å². The third-order valence-corrected chi connectivity index (χ3v) is 3.97. The van der Waals surface area contributed by atoms with Crippen LogP contribution in [0.15, 0.2) is 0 Å². The lowest BCUT2D eigenvalue weighted by atomic mass is 9.83. The maximum atomic E-state index is 12.3. The van der Waals surface area contributed by atoms with E-state index in [0.717, 1.165) is 19.3 Å². The Hall–Kier alpha value is -0.610. The number of rotatable bonds is 1. The molecule has 0 aromatic carbocycles. The molecule has 3 atom stereocenters. The molecule has 15 heavy (non-hydrogen) atoms. The summed E-state index contributed by atoms with van der Waals surface area (Å²) in [7, 11) is 0. The summed E-state index contributed by atoms with van der Waals surface area (Å²) in [5.74, 6) is 0.143. The molecule has 86 valence electrons. The van der Waals surface area contributed by atoms with Gasteiger partial charge in [-0.1, -0.05) is 6.42 Å². The summed E-state index contributed by atoms with van der Waals surface area (Å²) in [5.41, 5.74) is 5.62. The summed E-state index contributed by atoms with van der Waals surface area (Å²) in [4.78, 5) is 14.0. The Bertz CT molecular complexity index is 269. The van der Waals surface area contributed by atoms with E-state index in [0.29, 0.717) is 19.5 Å². The number of hydrogen-bond acceptors (Lipinski definition) is 3. The number of likely N-dealkylation sites (tertiary alicyclic amines) is 1. The molecule has 0 aromatic heterocycles. The molecule has 1 heterocycles. The molecule has 1 aliphatic carbocycles. The van der Waals surface area contributed by atoms with Crippen molar-refractivity contribution in [1.82, 2.24) is 4.90 Å². The van der Waals surface area contributed by atoms with Gasteiger partial charge in [-0.2, -0.15) is 0 Å². The first kappa shape index (κ1) is 10.9. The quantitative estimate of drug-likeness (QED) is 0.647. The molecule has 2 fully saturated rings. The van der Waals surface area contributed by atoms with Crippen LogP contribution < -0.4 is 5.73 Å². The zero-order chi connectivity index (χ0) is 11.1. The van der Waals surface area contributed by atoms with E-state index in [4.69, 9.17) is 5.73 Å². The number of hydrogen-bond donors (Lipinski definition) is 2. The minimum Gasteiger partial charge on any atom is -0.391 e. The number of carbonyl (C=O) groups is 1. The Morgan fingerprint density at radius 3 is 2.73 bits per heavy atom. The first-order chi connectivity index (χ1) is 7.04. The Morgan fingerprint density at radius 2 is 2.27 bits per heavy atom. The van der Waals surface area contributed by atoms with Crippen molar-refractivity contribution in [3.63, 3.8) is 0 Å². The zero-order valence-electron chi connectivity index (χ0n) is 9.28. The van der Waals surface area contributed by atoms with Crippen molar-refractivity contribution in [1.29, 1.82) is 0 Å². The maximum Gasteiger partial charge on any atom is 0.230 e. The standard InChI is InChI=1S/C11H20N2O2/c1-11(5-2-3-9(11)12)10(15)13-6-4-8(14)7-13/h8-9,14H,2-7,12H2,1H3. The fourth-order valence-electron chi connectivity index (χ4n) is 2.75. The van der Waals surface area contributed by atoms with E-state index >= 15 is 0 Å². The van der Waals surface area contributed by atoms with Crippen molar-refractivity contribution in [2.45, 2.75) is 44.8 Å². The maximum absolute atomic E-state index is 12.3. The van der Waals surface area contributed by atoms with Crippen LogP contribution in [-0.4, -0.2) is 41.1 Å². The minimum atomic E-state index is -0.385. The summed E-state index contributed by atoms with van der Waals surface area (Å²) in [6.45, 7) is 3.14. The first-order valence-corrected chi connectivity index (χ1v) is 5.77. The van der Waals surface area contributed by atoms with E-state index in [1.165, 1.54) is 0 Å². The predicted molar refractivity (Wildman–Crippen MR) is 57.1 cm³/mol. The smallest absolute Gasteiger partial charge is 0.230 e. The second-order valence-corrected chi connectivity index (χ2v) is 5.11. The highest BCUT2D eigenvalue weighted by Gasteiger charge is 2.46. The van der Waals surface area contributed by atoms with Gasteiger partial charge in [0.2, 0.25) is 5.91 Å². The molecule has 2 rings (SSSR count). The molecule has 3 N–H and O–H groups in total. The van der Waals surface area contributed by atoms with Crippen LogP contribution in [0.25, 0.3) is 0 Å². The highest BCUT2D eigenvalue weighted by Crippen LogP contribution is 2.38. The Balaban J connectivity index is 2.07. The average Bonchev–Trinajstić information content (AvgIpc) is 2.75. The predicted octanol–water partition coefficient (Wildman–Crippen LogP) is 0.0971. The van der Waals surface area contributed by atoms with Crippen LogP contribution in [0.3, 0.4) is 0 Å². The highest BCUT2D eigenvalue weighted by atomic mass is 16.3. The molecule has 4 nitrogen and oxygen atoms in total. The van der Waals surface area contributed by atoms with E-state index < -0.39 is 0 Å². The summed E-state index contributed by atoms with van der Waals surface area (Å²) >= 11 is 0. The summed E-state index contributed by atoms with van der Waals surface area (Å²) in [5, 5.41) is 9.42. The molecule has 3 unspecified atom stereocenters. The van der Waals surface area contributed by atoms with Crippen molar-refractivity contribution in [3.8, 4) is 0 Å². The van der Waals surface area contributed by atoms with E-state index in [-0.39, 0.29) is 23.5 Å². The van der Waals surface area contributed by atoms with Gasteiger partial charge >= 0.3 is 0 Å². The normalized spacial score (nSPS) is 41.1. The molecule has 0 spiro atoms. The highest BCUT2D eigenvalue weighted by molar-refractivity contribution is 5.83. The van der Waals surface area contributed by atoms with E-state index in [1.54, 1.807) is 4.90 Å². The number of amides is 1. The van der Waals surface area contributed by atoms with Gasteiger partial charge in [-0.15, -0.1) is 0 Å². The number of nitrogens with zero attached hydrogens (tertiary/aromatic N) is 1. The van der Waals surface area contributed by atoms with Crippen LogP contribution in [0.1, 0.15) is 32.6 Å². The van der Waals surface area contributed by atoms with Crippen LogP contribution in [-0.2, 0) is 4.79 Å². The number of carbonyl (C=O) groups excluding carboxylic acids is 1. The number of β-amino-alcohol motifs (C(OH)–C–C–N with tert-alkyl or cyclic N) is 1. The van der Waals surface area contributed by atoms with Crippen molar-refractivity contribution in [2.75, 3.05) is 13.1 Å². The second kappa shape index (κ2) is 3.76. The van der Waals surface area contributed by atoms with E-state index in [9.17, 15) is 9.90 Å². The largest absolute Gasteiger partial charge is 0.391 e. The van der Waals surface area contributed by atoms with Gasteiger partial charge in [0.05, 0.1) is 11.5 Å². The minimum absolute atomic E-state index is 0.0113. The molecular weight excluding hydrogens is 192 g/mol. The van der Waals surface area contributed by atoms with Gasteiger partial charge in [0, 0.05) is 19.1 Å². The monoisotopic (exact) mass is 212 g/mol. The molecule has 0 aromatic rings. The fourth-order valence-corrected chi connectivity index (χ4v) is 2.75. The topological polar surface area (TPSA) is 66.6 Å². The fraction of sp³-hybridized carbons (Fsp3) is 0.909. The third kappa shape index (κ3) is 1.76. The van der Waals surface area contributed by atoms with Crippen molar-refractivity contribution in [2.24, 2.45) is 11.1 Å². The number of nitrogens with two attached hydrogens (primary N) is 1. The molecule has 4 heteroatoms. The number of aliphatic hydroxyl groups is 1. The van der Waals surface area contributed by atoms with Gasteiger partial charge in [0.1, 0.15) is 0 Å². The Kier molecular flexibility index (Phi) is 2.73. The molecule has 1 saturated carbocycles. The third-order valence-electron chi connectivity index (χ3n) is 3.97. The van der Waals surface area contributed by atoms with Crippen LogP contribution in [0.2, 0.25) is 0 Å². The van der Waals surface area contributed by atoms with Gasteiger partial charge < -0.3 is 15.7 Å². The van der Waals surface area contributed by atoms with Crippen LogP contribution in [0.4, 0.5) is 0 Å². The summed E-state index contributed by atoms with van der Waals surface area (Å²) < 4.78 is 0. The van der Waals surface area contributed by atoms with Crippen LogP contribution in [0, 0.1) is 5.41 Å². The van der Waals surface area contributed by atoms with Gasteiger partial charge in [-0.05, 0) is 26.2 Å². The van der Waals surface area contributed by atoms with Gasteiger partial charge in [0.25, 0.3) is 0 Å². The summed E-state index contributed by atoms with van der Waals surface area (Å²) in [6, 6.07) is -0.0113. The molecular formula is C11H20N2O2. The Morgan fingerprint density at radius 1 is 1.53 bits per heavy atom. The molecule has 1 amide bonds. The van der Waals surface area contributed by atoms with Crippen molar-refractivity contribution < 1.29 is 9.90 Å². The molecule has 2 aliphatic rings. The van der Waals surface area contributed by atoms with Crippen LogP contribution in [0.5, 0.6) is 0 Å². The van der Waals surface area contributed by atoms with Gasteiger partial charge in [-0.25, -0.2) is 0 Å². The second-order valence-electron chi connectivity index (χ2n) is 5.11. The lowest BCUT2D eigenvalue weighted by Crippen LogP contribution is -2.48. The van der Waals surface area contributed by atoms with E-state index in [1.807, 2.05) is 6.92 Å². The van der Waals surface area contributed by atoms with Crippen LogP contribution >= 0.6 is 0 Å². The average molecular weight is 212 g/mol. The molecule has 1 aliphatic heterocycles. The van der Waals surface area contributed by atoms with Gasteiger partial charge in [0.15, 0.2) is 0 Å². The molecule has 0 bridgehead atoms.